The van der Waals surface area contributed by atoms with E-state index in [9.17, 15) is 9.18 Å². The van der Waals surface area contributed by atoms with Gasteiger partial charge in [-0.3, -0.25) is 9.78 Å². The fraction of sp³-hybridized carbons (Fsp3) is 0. The van der Waals surface area contributed by atoms with E-state index in [1.54, 1.807) is 36.7 Å². The summed E-state index contributed by atoms with van der Waals surface area (Å²) in [6.07, 6.45) is 3.43. The Labute approximate surface area is 167 Å². The largest absolute Gasteiger partial charge is 0.366 e. The molecule has 1 amide bonds. The number of halogens is 2. The van der Waals surface area contributed by atoms with Crippen molar-refractivity contribution in [3.63, 3.8) is 0 Å². The minimum absolute atomic E-state index is 0. The Balaban J connectivity index is 0.00000225. The van der Waals surface area contributed by atoms with Crippen LogP contribution in [-0.2, 0) is 0 Å². The predicted octanol–water partition coefficient (Wildman–Crippen LogP) is 5.07. The van der Waals surface area contributed by atoms with E-state index in [4.69, 9.17) is 5.73 Å². The molecule has 28 heavy (non-hydrogen) atoms. The maximum absolute atomic E-state index is 13.4. The van der Waals surface area contributed by atoms with E-state index in [1.165, 1.54) is 12.1 Å². The highest BCUT2D eigenvalue weighted by Crippen LogP contribution is 2.37. The first-order valence-electron chi connectivity index (χ1n) is 8.42. The van der Waals surface area contributed by atoms with Crippen LogP contribution in [0, 0.1) is 5.82 Å². The first-order chi connectivity index (χ1) is 13.1. The molecule has 2 aromatic heterocycles. The first-order valence-corrected chi connectivity index (χ1v) is 8.42. The maximum atomic E-state index is 13.4. The molecule has 0 fully saturated rings. The van der Waals surface area contributed by atoms with Gasteiger partial charge in [0.2, 0.25) is 5.91 Å². The number of carbonyl (C=O) groups excluding carboxylic acids is 1. The Hall–Kier alpha value is -3.44. The minimum Gasteiger partial charge on any atom is -0.366 e. The summed E-state index contributed by atoms with van der Waals surface area (Å²) in [6.45, 7) is 0. The van der Waals surface area contributed by atoms with Gasteiger partial charge in [-0.2, -0.15) is 0 Å². The van der Waals surface area contributed by atoms with Crippen molar-refractivity contribution in [2.24, 2.45) is 5.73 Å². The Morgan fingerprint density at radius 2 is 1.57 bits per heavy atom. The normalized spacial score (nSPS) is 10.3. The van der Waals surface area contributed by atoms with Crippen LogP contribution in [0.5, 0.6) is 0 Å². The molecular weight excluding hydrogens is 377 g/mol. The number of primary amides is 1. The molecule has 4 aromatic rings. The van der Waals surface area contributed by atoms with Crippen molar-refractivity contribution in [1.82, 2.24) is 9.97 Å². The van der Waals surface area contributed by atoms with E-state index in [-0.39, 0.29) is 18.2 Å². The van der Waals surface area contributed by atoms with Gasteiger partial charge in [-0.25, -0.2) is 4.39 Å². The molecule has 0 radical (unpaired) electrons. The molecule has 0 saturated carbocycles. The molecule has 4 nitrogen and oxygen atoms in total. The molecule has 140 valence electrons. The van der Waals surface area contributed by atoms with Crippen molar-refractivity contribution >= 4 is 18.3 Å². The third kappa shape index (κ3) is 3.66. The second-order valence-corrected chi connectivity index (χ2v) is 6.12. The van der Waals surface area contributed by atoms with Gasteiger partial charge in [-0.1, -0.05) is 18.2 Å². The lowest BCUT2D eigenvalue weighted by Gasteiger charge is -2.08. The lowest BCUT2D eigenvalue weighted by atomic mass is 9.96. The topological polar surface area (TPSA) is 71.8 Å². The smallest absolute Gasteiger partial charge is 0.249 e. The van der Waals surface area contributed by atoms with E-state index in [0.717, 1.165) is 33.6 Å². The molecule has 0 saturated heterocycles. The maximum Gasteiger partial charge on any atom is 0.249 e. The van der Waals surface area contributed by atoms with Crippen LogP contribution in [0.1, 0.15) is 10.4 Å². The van der Waals surface area contributed by atoms with Crippen LogP contribution in [0.4, 0.5) is 4.39 Å². The van der Waals surface area contributed by atoms with Crippen LogP contribution in [0.25, 0.3) is 33.6 Å². The zero-order chi connectivity index (χ0) is 18.8. The van der Waals surface area contributed by atoms with Gasteiger partial charge >= 0.3 is 0 Å². The number of hydrogen-bond acceptors (Lipinski definition) is 2. The monoisotopic (exact) mass is 393 g/mol. The number of rotatable bonds is 4. The van der Waals surface area contributed by atoms with Gasteiger partial charge in [0.25, 0.3) is 0 Å². The van der Waals surface area contributed by atoms with Crippen LogP contribution in [-0.4, -0.2) is 15.9 Å². The summed E-state index contributed by atoms with van der Waals surface area (Å²) in [7, 11) is 0. The van der Waals surface area contributed by atoms with Gasteiger partial charge in [-0.15, -0.1) is 12.4 Å². The van der Waals surface area contributed by atoms with Gasteiger partial charge in [-0.05, 0) is 59.7 Å². The van der Waals surface area contributed by atoms with Gasteiger partial charge < -0.3 is 10.7 Å². The fourth-order valence-corrected chi connectivity index (χ4v) is 3.13. The molecular formula is C22H17ClFN3O. The highest BCUT2D eigenvalue weighted by atomic mass is 35.5. The fourth-order valence-electron chi connectivity index (χ4n) is 3.13. The lowest BCUT2D eigenvalue weighted by Crippen LogP contribution is -2.12. The molecule has 0 spiro atoms. The number of aromatic amines is 1. The van der Waals surface area contributed by atoms with E-state index in [1.807, 2.05) is 30.3 Å². The number of pyridine rings is 1. The Morgan fingerprint density at radius 1 is 0.893 bits per heavy atom. The van der Waals surface area contributed by atoms with Gasteiger partial charge in [0.05, 0.1) is 5.69 Å². The van der Waals surface area contributed by atoms with Crippen molar-refractivity contribution in [1.29, 1.82) is 0 Å². The average molecular weight is 394 g/mol. The summed E-state index contributed by atoms with van der Waals surface area (Å²) in [4.78, 5) is 19.4. The zero-order valence-corrected chi connectivity index (χ0v) is 15.5. The van der Waals surface area contributed by atoms with Crippen molar-refractivity contribution < 1.29 is 9.18 Å². The zero-order valence-electron chi connectivity index (χ0n) is 14.7. The SMILES string of the molecule is Cl.NC(=O)c1ccccc1-c1cc(-c2ccncc2)[nH]c1-c1ccc(F)cc1. The van der Waals surface area contributed by atoms with Gasteiger partial charge in [0, 0.05) is 34.8 Å². The Morgan fingerprint density at radius 3 is 2.25 bits per heavy atom. The highest BCUT2D eigenvalue weighted by Gasteiger charge is 2.17. The highest BCUT2D eigenvalue weighted by molar-refractivity contribution is 6.02. The van der Waals surface area contributed by atoms with Crippen LogP contribution in [0.2, 0.25) is 0 Å². The summed E-state index contributed by atoms with van der Waals surface area (Å²) < 4.78 is 13.4. The third-order valence-corrected chi connectivity index (χ3v) is 4.42. The van der Waals surface area contributed by atoms with Gasteiger partial charge in [0.15, 0.2) is 0 Å². The summed E-state index contributed by atoms with van der Waals surface area (Å²) in [5.74, 6) is -0.805. The second kappa shape index (κ2) is 8.06. The van der Waals surface area contributed by atoms with Crippen LogP contribution in [0.15, 0.2) is 79.1 Å². The molecule has 0 bridgehead atoms. The molecule has 0 aliphatic heterocycles. The number of aromatic nitrogens is 2. The Kier molecular flexibility index (Phi) is 5.57. The summed E-state index contributed by atoms with van der Waals surface area (Å²) in [6, 6.07) is 19.2. The quantitative estimate of drug-likeness (QED) is 0.508. The van der Waals surface area contributed by atoms with Crippen molar-refractivity contribution in [2.45, 2.75) is 0 Å². The predicted molar refractivity (Wildman–Crippen MR) is 111 cm³/mol. The summed E-state index contributed by atoms with van der Waals surface area (Å²) >= 11 is 0. The number of nitrogens with zero attached hydrogens (tertiary/aromatic N) is 1. The molecule has 6 heteroatoms. The molecule has 0 aliphatic rings. The summed E-state index contributed by atoms with van der Waals surface area (Å²) in [5, 5.41) is 0. The molecule has 4 rings (SSSR count). The molecule has 0 unspecified atom stereocenters. The lowest BCUT2D eigenvalue weighted by molar-refractivity contribution is 0.100. The van der Waals surface area contributed by atoms with Crippen molar-refractivity contribution in [3.05, 3.63) is 90.5 Å². The van der Waals surface area contributed by atoms with Crippen LogP contribution in [0.3, 0.4) is 0 Å². The van der Waals surface area contributed by atoms with Crippen molar-refractivity contribution in [3.8, 4) is 33.6 Å². The van der Waals surface area contributed by atoms with Gasteiger partial charge in [0.1, 0.15) is 5.82 Å². The van der Waals surface area contributed by atoms with Crippen LogP contribution < -0.4 is 5.73 Å². The van der Waals surface area contributed by atoms with E-state index < -0.39 is 5.91 Å². The van der Waals surface area contributed by atoms with E-state index in [0.29, 0.717) is 5.56 Å². The standard InChI is InChI=1S/C22H16FN3O.ClH/c23-16-7-5-15(6-8-16)21-19(17-3-1-2-4-18(17)22(24)27)13-20(26-21)14-9-11-25-12-10-14;/h1-13,26H,(H2,24,27);1H. The number of amides is 1. The van der Waals surface area contributed by atoms with Crippen LogP contribution >= 0.6 is 12.4 Å². The van der Waals surface area contributed by atoms with Crippen molar-refractivity contribution in [2.75, 3.05) is 0 Å². The summed E-state index contributed by atoms with van der Waals surface area (Å²) in [5.41, 5.74) is 11.0. The molecule has 3 N–H and O–H groups in total. The molecule has 0 aliphatic carbocycles. The van der Waals surface area contributed by atoms with E-state index in [2.05, 4.69) is 9.97 Å². The number of nitrogens with one attached hydrogen (secondary N) is 1. The number of benzene rings is 2. The number of carbonyl (C=O) groups is 1. The molecule has 2 aromatic carbocycles. The number of hydrogen-bond donors (Lipinski definition) is 2. The Bertz CT molecular complexity index is 1110. The minimum atomic E-state index is -0.498. The number of nitrogens with two attached hydrogens (primary N) is 1. The molecule has 2 heterocycles. The van der Waals surface area contributed by atoms with E-state index >= 15 is 0 Å². The molecule has 0 atom stereocenters. The number of H-pyrrole nitrogens is 1. The third-order valence-electron chi connectivity index (χ3n) is 4.42. The second-order valence-electron chi connectivity index (χ2n) is 6.12. The first kappa shape index (κ1) is 19.3. The average Bonchev–Trinajstić information content (AvgIpc) is 3.14.